The van der Waals surface area contributed by atoms with Gasteiger partial charge < -0.3 is 10.3 Å². The average molecular weight is 273 g/mol. The monoisotopic (exact) mass is 273 g/mol. The van der Waals surface area contributed by atoms with E-state index in [9.17, 15) is 8.42 Å². The van der Waals surface area contributed by atoms with E-state index in [1.807, 2.05) is 0 Å². The molecule has 18 heavy (non-hydrogen) atoms. The van der Waals surface area contributed by atoms with Crippen molar-refractivity contribution in [3.05, 3.63) is 11.7 Å². The molecular formula is C11H19N3O3S. The van der Waals surface area contributed by atoms with Crippen molar-refractivity contribution in [3.8, 4) is 0 Å². The minimum Gasteiger partial charge on any atom is -0.339 e. The zero-order chi connectivity index (χ0) is 13.2. The fourth-order valence-corrected chi connectivity index (χ4v) is 2.94. The van der Waals surface area contributed by atoms with Gasteiger partial charge in [-0.3, -0.25) is 0 Å². The van der Waals surface area contributed by atoms with Gasteiger partial charge in [-0.1, -0.05) is 24.4 Å². The lowest BCUT2D eigenvalue weighted by atomic mass is 9.95. The normalized spacial score (nSPS) is 25.9. The molecule has 0 aliphatic heterocycles. The molecule has 1 aliphatic rings. The quantitative estimate of drug-likeness (QED) is 0.824. The van der Waals surface area contributed by atoms with Gasteiger partial charge in [-0.15, -0.1) is 0 Å². The summed E-state index contributed by atoms with van der Waals surface area (Å²) in [6.07, 6.45) is 6.44. The van der Waals surface area contributed by atoms with E-state index in [4.69, 9.17) is 10.3 Å². The number of nitrogens with zero attached hydrogens (tertiary/aromatic N) is 2. The van der Waals surface area contributed by atoms with Crippen LogP contribution in [-0.4, -0.2) is 30.9 Å². The van der Waals surface area contributed by atoms with Crippen molar-refractivity contribution in [2.24, 2.45) is 5.73 Å². The average Bonchev–Trinajstić information content (AvgIpc) is 2.57. The smallest absolute Gasteiger partial charge is 0.231 e. The largest absolute Gasteiger partial charge is 0.339 e. The van der Waals surface area contributed by atoms with E-state index in [-0.39, 0.29) is 23.5 Å². The van der Waals surface area contributed by atoms with Crippen LogP contribution in [0.4, 0.5) is 0 Å². The summed E-state index contributed by atoms with van der Waals surface area (Å²) in [6, 6.07) is 0.0269. The van der Waals surface area contributed by atoms with Gasteiger partial charge >= 0.3 is 0 Å². The first-order chi connectivity index (χ1) is 8.46. The molecule has 0 bridgehead atoms. The van der Waals surface area contributed by atoms with Crippen molar-refractivity contribution in [2.75, 3.05) is 6.26 Å². The highest BCUT2D eigenvalue weighted by atomic mass is 32.2. The third kappa shape index (κ3) is 3.52. The molecule has 1 heterocycles. The van der Waals surface area contributed by atoms with Crippen LogP contribution >= 0.6 is 0 Å². The van der Waals surface area contributed by atoms with E-state index in [1.165, 1.54) is 6.42 Å². The molecule has 1 fully saturated rings. The number of nitrogens with two attached hydrogens (primary N) is 1. The Kier molecular flexibility index (Phi) is 4.01. The van der Waals surface area contributed by atoms with Crippen molar-refractivity contribution in [3.63, 3.8) is 0 Å². The second kappa shape index (κ2) is 5.36. The molecule has 7 heteroatoms. The summed E-state index contributed by atoms with van der Waals surface area (Å²) in [7, 11) is -3.13. The first kappa shape index (κ1) is 13.5. The highest BCUT2D eigenvalue weighted by Crippen LogP contribution is 2.29. The number of hydrogen-bond donors (Lipinski definition) is 1. The Morgan fingerprint density at radius 3 is 2.78 bits per heavy atom. The standard InChI is InChI=1S/C11H19N3O3S/c1-18(15,16)7-10-13-11(17-14-10)8-5-3-2-4-6-9(8)12/h8-9H,2-7,12H2,1H3. The number of aromatic nitrogens is 2. The van der Waals surface area contributed by atoms with Gasteiger partial charge in [-0.25, -0.2) is 8.42 Å². The SMILES string of the molecule is CS(=O)(=O)Cc1noc(C2CCCCCC2N)n1. The van der Waals surface area contributed by atoms with E-state index < -0.39 is 9.84 Å². The molecule has 0 spiro atoms. The van der Waals surface area contributed by atoms with Crippen LogP contribution < -0.4 is 5.73 Å². The molecule has 0 saturated heterocycles. The summed E-state index contributed by atoms with van der Waals surface area (Å²) in [5.41, 5.74) is 6.10. The molecule has 1 aliphatic carbocycles. The molecule has 2 rings (SSSR count). The number of sulfone groups is 1. The second-order valence-corrected chi connectivity index (χ2v) is 7.17. The predicted molar refractivity (Wildman–Crippen MR) is 66.6 cm³/mol. The summed E-state index contributed by atoms with van der Waals surface area (Å²) in [5.74, 6) is 0.596. The predicted octanol–water partition coefficient (Wildman–Crippen LogP) is 0.989. The maximum absolute atomic E-state index is 11.2. The molecule has 0 aromatic carbocycles. The van der Waals surface area contributed by atoms with Gasteiger partial charge in [0.25, 0.3) is 0 Å². The van der Waals surface area contributed by atoms with Crippen LogP contribution in [0, 0.1) is 0 Å². The Labute approximate surface area is 107 Å². The van der Waals surface area contributed by atoms with Crippen molar-refractivity contribution in [2.45, 2.75) is 49.8 Å². The molecular weight excluding hydrogens is 254 g/mol. The summed E-state index contributed by atoms with van der Waals surface area (Å²) >= 11 is 0. The van der Waals surface area contributed by atoms with Crippen molar-refractivity contribution < 1.29 is 12.9 Å². The van der Waals surface area contributed by atoms with Crippen LogP contribution in [0.3, 0.4) is 0 Å². The fraction of sp³-hybridized carbons (Fsp3) is 0.818. The van der Waals surface area contributed by atoms with Gasteiger partial charge in [0.2, 0.25) is 5.89 Å². The zero-order valence-corrected chi connectivity index (χ0v) is 11.3. The fourth-order valence-electron chi connectivity index (χ4n) is 2.35. The highest BCUT2D eigenvalue weighted by molar-refractivity contribution is 7.89. The lowest BCUT2D eigenvalue weighted by Crippen LogP contribution is -2.27. The lowest BCUT2D eigenvalue weighted by molar-refractivity contribution is 0.323. The Morgan fingerprint density at radius 1 is 1.33 bits per heavy atom. The molecule has 0 amide bonds. The molecule has 1 aromatic heterocycles. The van der Waals surface area contributed by atoms with Crippen LogP contribution in [0.5, 0.6) is 0 Å². The van der Waals surface area contributed by atoms with E-state index in [0.29, 0.717) is 5.89 Å². The van der Waals surface area contributed by atoms with E-state index in [0.717, 1.165) is 31.9 Å². The summed E-state index contributed by atoms with van der Waals surface area (Å²) < 4.78 is 27.5. The maximum atomic E-state index is 11.2. The summed E-state index contributed by atoms with van der Waals surface area (Å²) in [4.78, 5) is 4.17. The van der Waals surface area contributed by atoms with Crippen LogP contribution in [-0.2, 0) is 15.6 Å². The van der Waals surface area contributed by atoms with Gasteiger partial charge in [-0.05, 0) is 12.8 Å². The van der Waals surface area contributed by atoms with Gasteiger partial charge in [0.1, 0.15) is 5.75 Å². The van der Waals surface area contributed by atoms with Crippen LogP contribution in [0.25, 0.3) is 0 Å². The van der Waals surface area contributed by atoms with E-state index in [1.54, 1.807) is 0 Å². The van der Waals surface area contributed by atoms with Gasteiger partial charge in [0, 0.05) is 12.3 Å². The Bertz CT molecular complexity index is 497. The van der Waals surface area contributed by atoms with Gasteiger partial charge in [0.05, 0.1) is 5.92 Å². The first-order valence-corrected chi connectivity index (χ1v) is 8.27. The highest BCUT2D eigenvalue weighted by Gasteiger charge is 2.27. The molecule has 102 valence electrons. The van der Waals surface area contributed by atoms with Crippen molar-refractivity contribution in [1.82, 2.24) is 10.1 Å². The first-order valence-electron chi connectivity index (χ1n) is 6.21. The van der Waals surface area contributed by atoms with Gasteiger partial charge in [-0.2, -0.15) is 4.98 Å². The lowest BCUT2D eigenvalue weighted by Gasteiger charge is -2.16. The maximum Gasteiger partial charge on any atom is 0.231 e. The molecule has 6 nitrogen and oxygen atoms in total. The molecule has 1 aromatic rings. The van der Waals surface area contributed by atoms with Crippen molar-refractivity contribution >= 4 is 9.84 Å². The van der Waals surface area contributed by atoms with Crippen LogP contribution in [0.1, 0.15) is 49.7 Å². The van der Waals surface area contributed by atoms with E-state index in [2.05, 4.69) is 10.1 Å². The Hall–Kier alpha value is -0.950. The molecule has 2 unspecified atom stereocenters. The third-order valence-electron chi connectivity index (χ3n) is 3.26. The minimum absolute atomic E-state index is 0.0269. The number of hydrogen-bond acceptors (Lipinski definition) is 6. The van der Waals surface area contributed by atoms with Gasteiger partial charge in [0.15, 0.2) is 15.7 Å². The van der Waals surface area contributed by atoms with Crippen LogP contribution in [0.15, 0.2) is 4.52 Å². The third-order valence-corrected chi connectivity index (χ3v) is 4.04. The second-order valence-electron chi connectivity index (χ2n) is 5.03. The molecule has 1 saturated carbocycles. The Balaban J connectivity index is 2.13. The minimum atomic E-state index is -3.13. The number of rotatable bonds is 3. The van der Waals surface area contributed by atoms with E-state index >= 15 is 0 Å². The van der Waals surface area contributed by atoms with Crippen molar-refractivity contribution in [1.29, 1.82) is 0 Å². The molecule has 2 atom stereocenters. The van der Waals surface area contributed by atoms with Crippen LogP contribution in [0.2, 0.25) is 0 Å². The topological polar surface area (TPSA) is 99.1 Å². The summed E-state index contributed by atoms with van der Waals surface area (Å²) in [5, 5.41) is 3.72. The zero-order valence-electron chi connectivity index (χ0n) is 10.5. The molecule has 0 radical (unpaired) electrons. The Morgan fingerprint density at radius 2 is 2.06 bits per heavy atom. The molecule has 2 N–H and O–H groups in total. The summed E-state index contributed by atoms with van der Waals surface area (Å²) in [6.45, 7) is 0.